The summed E-state index contributed by atoms with van der Waals surface area (Å²) in [5, 5.41) is 11.9. The number of rotatable bonds is 7. The Morgan fingerprint density at radius 1 is 1.29 bits per heavy atom. The quantitative estimate of drug-likeness (QED) is 0.710. The Bertz CT molecular complexity index is 853. The Balaban J connectivity index is 0.000000339. The maximum absolute atomic E-state index is 10.6. The molecular formula is C21H27F3N4O3. The molecule has 1 aliphatic heterocycles. The van der Waals surface area contributed by atoms with Crippen molar-refractivity contribution >= 4 is 5.97 Å². The molecule has 1 unspecified atom stereocenters. The molecule has 0 aromatic carbocycles. The van der Waals surface area contributed by atoms with Crippen LogP contribution < -0.4 is 0 Å². The Morgan fingerprint density at radius 3 is 2.61 bits per heavy atom. The number of pyridine rings is 1. The highest BCUT2D eigenvalue weighted by Crippen LogP contribution is 2.31. The summed E-state index contributed by atoms with van der Waals surface area (Å²) >= 11 is 0. The van der Waals surface area contributed by atoms with Crippen LogP contribution in [0, 0.1) is 5.92 Å². The summed E-state index contributed by atoms with van der Waals surface area (Å²) in [5.74, 6) is -1.53. The molecule has 10 heteroatoms. The fourth-order valence-corrected chi connectivity index (χ4v) is 3.43. The molecule has 2 aliphatic rings. The molecular weight excluding hydrogens is 413 g/mol. The second-order valence-corrected chi connectivity index (χ2v) is 7.86. The number of aromatic nitrogens is 3. The zero-order valence-corrected chi connectivity index (χ0v) is 17.4. The molecule has 1 saturated carbocycles. The van der Waals surface area contributed by atoms with E-state index in [1.807, 2.05) is 12.3 Å². The van der Waals surface area contributed by atoms with Crippen LogP contribution in [0.3, 0.4) is 0 Å². The number of fused-ring (bicyclic) bond motifs is 1. The third-order valence-electron chi connectivity index (χ3n) is 5.21. The summed E-state index contributed by atoms with van der Waals surface area (Å²) in [6, 6.07) is 6.12. The number of halogens is 3. The molecule has 0 bridgehead atoms. The minimum atomic E-state index is -5.08. The van der Waals surface area contributed by atoms with Gasteiger partial charge in [-0.1, -0.05) is 6.07 Å². The highest BCUT2D eigenvalue weighted by molar-refractivity contribution is 5.73. The number of nitrogens with zero attached hydrogens (tertiary/aromatic N) is 4. The second kappa shape index (κ2) is 10.2. The van der Waals surface area contributed by atoms with Crippen molar-refractivity contribution in [2.24, 2.45) is 5.92 Å². The van der Waals surface area contributed by atoms with Gasteiger partial charge in [0.2, 0.25) is 0 Å². The fraction of sp³-hybridized carbons (Fsp3) is 0.571. The van der Waals surface area contributed by atoms with Crippen LogP contribution in [0.25, 0.3) is 0 Å². The first-order chi connectivity index (χ1) is 14.8. The highest BCUT2D eigenvalue weighted by Gasteiger charge is 2.38. The van der Waals surface area contributed by atoms with E-state index in [9.17, 15) is 13.2 Å². The lowest BCUT2D eigenvalue weighted by Crippen LogP contribution is -2.35. The third-order valence-corrected chi connectivity index (χ3v) is 5.21. The molecule has 0 spiro atoms. The van der Waals surface area contributed by atoms with Crippen molar-refractivity contribution in [1.29, 1.82) is 0 Å². The minimum Gasteiger partial charge on any atom is -0.475 e. The van der Waals surface area contributed by atoms with Crippen LogP contribution in [0.15, 0.2) is 30.6 Å². The molecule has 1 atom stereocenters. The van der Waals surface area contributed by atoms with Crippen molar-refractivity contribution in [2.45, 2.75) is 51.5 Å². The third kappa shape index (κ3) is 7.03. The molecule has 31 heavy (non-hydrogen) atoms. The van der Waals surface area contributed by atoms with Crippen LogP contribution in [0.4, 0.5) is 13.2 Å². The summed E-state index contributed by atoms with van der Waals surface area (Å²) in [4.78, 5) is 15.8. The van der Waals surface area contributed by atoms with Crippen LogP contribution >= 0.6 is 0 Å². The zero-order valence-electron chi connectivity index (χ0n) is 17.4. The number of carboxylic acid groups (broad SMARTS) is 1. The van der Waals surface area contributed by atoms with Gasteiger partial charge in [0.05, 0.1) is 18.0 Å². The molecule has 2 aromatic rings. The van der Waals surface area contributed by atoms with Gasteiger partial charge in [0.25, 0.3) is 0 Å². The maximum Gasteiger partial charge on any atom is 0.490 e. The van der Waals surface area contributed by atoms with E-state index < -0.39 is 12.1 Å². The molecule has 1 aliphatic carbocycles. The van der Waals surface area contributed by atoms with E-state index in [0.717, 1.165) is 51.0 Å². The Kier molecular flexibility index (Phi) is 7.66. The van der Waals surface area contributed by atoms with E-state index in [1.54, 1.807) is 0 Å². The number of hydrogen-bond donors (Lipinski definition) is 1. The lowest BCUT2D eigenvalue weighted by molar-refractivity contribution is -0.192. The van der Waals surface area contributed by atoms with Gasteiger partial charge in [-0.15, -0.1) is 0 Å². The summed E-state index contributed by atoms with van der Waals surface area (Å²) in [6.07, 6.45) is 1.69. The van der Waals surface area contributed by atoms with Crippen LogP contribution in [0.2, 0.25) is 0 Å². The van der Waals surface area contributed by atoms with Gasteiger partial charge in [-0.3, -0.25) is 14.6 Å². The average Bonchev–Trinajstić information content (AvgIpc) is 3.45. The summed E-state index contributed by atoms with van der Waals surface area (Å²) in [6.45, 7) is 7.58. The lowest BCUT2D eigenvalue weighted by atomic mass is 9.95. The molecule has 2 aromatic heterocycles. The predicted molar refractivity (Wildman–Crippen MR) is 106 cm³/mol. The van der Waals surface area contributed by atoms with E-state index in [1.165, 1.54) is 24.1 Å². The molecule has 1 fully saturated rings. The van der Waals surface area contributed by atoms with E-state index in [2.05, 4.69) is 39.8 Å². The standard InChI is InChI=1S/C19H26N4O.C2HF3O2/c1-2-23-11-18-16(14-24-13-15-6-7-15)9-22(12-19(18)21-23)10-17-5-3-4-8-20-17;3-2(4,5)1(6)7/h3-5,8,11,15-16H,2,6-7,9-10,12-14H2,1H3;(H,6,7). The second-order valence-electron chi connectivity index (χ2n) is 7.86. The Morgan fingerprint density at radius 2 is 2.03 bits per heavy atom. The van der Waals surface area contributed by atoms with Crippen LogP contribution in [0.1, 0.15) is 42.6 Å². The molecule has 3 heterocycles. The average molecular weight is 440 g/mol. The van der Waals surface area contributed by atoms with Crippen molar-refractivity contribution in [3.63, 3.8) is 0 Å². The molecule has 170 valence electrons. The predicted octanol–water partition coefficient (Wildman–Crippen LogP) is 3.46. The molecule has 0 saturated heterocycles. The van der Waals surface area contributed by atoms with E-state index >= 15 is 0 Å². The van der Waals surface area contributed by atoms with Gasteiger partial charge in [-0.05, 0) is 37.8 Å². The highest BCUT2D eigenvalue weighted by atomic mass is 19.4. The Labute approximate surface area is 178 Å². The van der Waals surface area contributed by atoms with Gasteiger partial charge in [0.1, 0.15) is 0 Å². The molecule has 0 radical (unpaired) electrons. The molecule has 1 N–H and O–H groups in total. The number of ether oxygens (including phenoxy) is 1. The smallest absolute Gasteiger partial charge is 0.475 e. The first kappa shape index (κ1) is 23.2. The van der Waals surface area contributed by atoms with Crippen LogP contribution in [-0.2, 0) is 29.2 Å². The summed E-state index contributed by atoms with van der Waals surface area (Å²) < 4.78 is 39.8. The normalized spacial score (nSPS) is 18.8. The first-order valence-corrected chi connectivity index (χ1v) is 10.3. The molecule has 7 nitrogen and oxygen atoms in total. The first-order valence-electron chi connectivity index (χ1n) is 10.3. The largest absolute Gasteiger partial charge is 0.490 e. The van der Waals surface area contributed by atoms with Crippen molar-refractivity contribution < 1.29 is 27.8 Å². The minimum absolute atomic E-state index is 0.413. The van der Waals surface area contributed by atoms with Gasteiger partial charge < -0.3 is 9.84 Å². The summed E-state index contributed by atoms with van der Waals surface area (Å²) in [7, 11) is 0. The van der Waals surface area contributed by atoms with Gasteiger partial charge in [0.15, 0.2) is 0 Å². The molecule has 4 rings (SSSR count). The van der Waals surface area contributed by atoms with E-state index in [4.69, 9.17) is 19.7 Å². The van der Waals surface area contributed by atoms with Crippen molar-refractivity contribution in [1.82, 2.24) is 19.7 Å². The van der Waals surface area contributed by atoms with E-state index in [-0.39, 0.29) is 0 Å². The van der Waals surface area contributed by atoms with Gasteiger partial charge in [0, 0.05) is 56.7 Å². The number of alkyl halides is 3. The topological polar surface area (TPSA) is 80.5 Å². The van der Waals surface area contributed by atoms with Crippen molar-refractivity contribution in [3.05, 3.63) is 47.5 Å². The van der Waals surface area contributed by atoms with Crippen molar-refractivity contribution in [3.8, 4) is 0 Å². The van der Waals surface area contributed by atoms with E-state index in [0.29, 0.717) is 5.92 Å². The summed E-state index contributed by atoms with van der Waals surface area (Å²) in [5.41, 5.74) is 3.71. The fourth-order valence-electron chi connectivity index (χ4n) is 3.43. The maximum atomic E-state index is 10.6. The number of aryl methyl sites for hydroxylation is 1. The van der Waals surface area contributed by atoms with Crippen LogP contribution in [-0.4, -0.2) is 56.7 Å². The number of carbonyl (C=O) groups is 1. The van der Waals surface area contributed by atoms with Crippen LogP contribution in [0.5, 0.6) is 0 Å². The SMILES string of the molecule is CCn1cc2c(n1)CN(Cc1ccccn1)CC2COCC1CC1.O=C(O)C(F)(F)F. The number of carboxylic acids is 1. The lowest BCUT2D eigenvalue weighted by Gasteiger charge is -2.31. The molecule has 0 amide bonds. The van der Waals surface area contributed by atoms with Gasteiger partial charge in [-0.25, -0.2) is 4.79 Å². The zero-order chi connectivity index (χ0) is 22.4. The monoisotopic (exact) mass is 440 g/mol. The Hall–Kier alpha value is -2.46. The van der Waals surface area contributed by atoms with Crippen molar-refractivity contribution in [2.75, 3.05) is 19.8 Å². The number of aliphatic carboxylic acids is 1. The van der Waals surface area contributed by atoms with Gasteiger partial charge >= 0.3 is 12.1 Å². The van der Waals surface area contributed by atoms with Gasteiger partial charge in [-0.2, -0.15) is 18.3 Å². The number of hydrogen-bond acceptors (Lipinski definition) is 5.